The molecule has 0 bridgehead atoms. The number of nitrogens with zero attached hydrogens (tertiary/aromatic N) is 2. The zero-order valence-electron chi connectivity index (χ0n) is 12.3. The Morgan fingerprint density at radius 1 is 1.48 bits per heavy atom. The fourth-order valence-corrected chi connectivity index (χ4v) is 3.30. The van der Waals surface area contributed by atoms with Crippen molar-refractivity contribution in [3.8, 4) is 0 Å². The van der Waals surface area contributed by atoms with Crippen LogP contribution in [0.15, 0.2) is 28.9 Å². The molecule has 2 N–H and O–H groups in total. The molecule has 0 amide bonds. The smallest absolute Gasteiger partial charge is 0.0745 e. The lowest BCUT2D eigenvalue weighted by atomic mass is 10.1. The average molecular weight is 350 g/mol. The first-order valence-corrected chi connectivity index (χ1v) is 8.11. The summed E-state index contributed by atoms with van der Waals surface area (Å²) < 4.78 is 6.84. The summed E-state index contributed by atoms with van der Waals surface area (Å²) >= 11 is 3.55. The highest BCUT2D eigenvalue weighted by molar-refractivity contribution is 9.10. The first-order valence-electron chi connectivity index (χ1n) is 7.32. The van der Waals surface area contributed by atoms with Crippen molar-refractivity contribution in [2.24, 2.45) is 0 Å². The Hall–Kier alpha value is -1.33. The number of hydrogen-bond donors (Lipinski definition) is 1. The Balaban J connectivity index is 2.17. The second kappa shape index (κ2) is 5.81. The highest BCUT2D eigenvalue weighted by atomic mass is 79.9. The molecule has 0 spiro atoms. The van der Waals surface area contributed by atoms with Crippen LogP contribution in [0.5, 0.6) is 0 Å². The SMILES string of the molecule is CCC1COC(C)CN1c1c(N)cnc2ccc(Br)cc12. The molecule has 1 saturated heterocycles. The van der Waals surface area contributed by atoms with Crippen LogP contribution < -0.4 is 10.6 Å². The highest BCUT2D eigenvalue weighted by Crippen LogP contribution is 2.36. The molecular formula is C16H20BrN3O. The van der Waals surface area contributed by atoms with Crippen LogP contribution in [0.3, 0.4) is 0 Å². The van der Waals surface area contributed by atoms with Crippen LogP contribution in [-0.4, -0.2) is 30.3 Å². The lowest BCUT2D eigenvalue weighted by Gasteiger charge is -2.40. The number of nitrogen functional groups attached to an aromatic ring is 1. The van der Waals surface area contributed by atoms with Gasteiger partial charge in [0.05, 0.1) is 41.8 Å². The molecule has 1 aliphatic rings. The van der Waals surface area contributed by atoms with E-state index in [1.807, 2.05) is 12.1 Å². The van der Waals surface area contributed by atoms with Gasteiger partial charge in [0.2, 0.25) is 0 Å². The Morgan fingerprint density at radius 2 is 2.29 bits per heavy atom. The molecule has 3 rings (SSSR count). The number of anilines is 2. The number of ether oxygens (including phenoxy) is 1. The van der Waals surface area contributed by atoms with Crippen molar-refractivity contribution in [3.05, 3.63) is 28.9 Å². The summed E-state index contributed by atoms with van der Waals surface area (Å²) in [6.45, 7) is 5.89. The largest absolute Gasteiger partial charge is 0.396 e. The number of hydrogen-bond acceptors (Lipinski definition) is 4. The van der Waals surface area contributed by atoms with Crippen LogP contribution in [0, 0.1) is 0 Å². The topological polar surface area (TPSA) is 51.4 Å². The van der Waals surface area contributed by atoms with E-state index in [9.17, 15) is 0 Å². The number of pyridine rings is 1. The summed E-state index contributed by atoms with van der Waals surface area (Å²) in [5.41, 5.74) is 9.05. The van der Waals surface area contributed by atoms with Gasteiger partial charge in [0.15, 0.2) is 0 Å². The zero-order valence-corrected chi connectivity index (χ0v) is 13.9. The summed E-state index contributed by atoms with van der Waals surface area (Å²) in [5.74, 6) is 0. The van der Waals surface area contributed by atoms with Crippen LogP contribution in [-0.2, 0) is 4.74 Å². The summed E-state index contributed by atoms with van der Waals surface area (Å²) in [6.07, 6.45) is 3.00. The quantitative estimate of drug-likeness (QED) is 0.900. The zero-order chi connectivity index (χ0) is 15.0. The highest BCUT2D eigenvalue weighted by Gasteiger charge is 2.28. The number of fused-ring (bicyclic) bond motifs is 1. The van der Waals surface area contributed by atoms with E-state index in [1.165, 1.54) is 0 Å². The average Bonchev–Trinajstić information content (AvgIpc) is 2.47. The van der Waals surface area contributed by atoms with Crippen molar-refractivity contribution < 1.29 is 4.74 Å². The molecule has 2 unspecified atom stereocenters. The van der Waals surface area contributed by atoms with E-state index in [-0.39, 0.29) is 6.10 Å². The van der Waals surface area contributed by atoms with Crippen molar-refractivity contribution in [2.75, 3.05) is 23.8 Å². The minimum absolute atomic E-state index is 0.211. The number of halogens is 1. The van der Waals surface area contributed by atoms with E-state index >= 15 is 0 Å². The van der Waals surface area contributed by atoms with E-state index in [0.717, 1.165) is 46.3 Å². The van der Waals surface area contributed by atoms with Gasteiger partial charge in [-0.05, 0) is 31.5 Å². The van der Waals surface area contributed by atoms with Gasteiger partial charge in [-0.2, -0.15) is 0 Å². The molecule has 1 aromatic carbocycles. The Morgan fingerprint density at radius 3 is 3.05 bits per heavy atom. The maximum atomic E-state index is 6.27. The Bertz CT molecular complexity index is 656. The minimum Gasteiger partial charge on any atom is -0.396 e. The van der Waals surface area contributed by atoms with Crippen molar-refractivity contribution in [1.29, 1.82) is 0 Å². The minimum atomic E-state index is 0.211. The first kappa shape index (κ1) is 14.6. The van der Waals surface area contributed by atoms with Gasteiger partial charge < -0.3 is 15.4 Å². The molecule has 2 aromatic rings. The molecule has 4 nitrogen and oxygen atoms in total. The first-order chi connectivity index (χ1) is 10.1. The van der Waals surface area contributed by atoms with E-state index in [1.54, 1.807) is 6.20 Å². The van der Waals surface area contributed by atoms with Crippen molar-refractivity contribution >= 4 is 38.2 Å². The third kappa shape index (κ3) is 2.72. The fraction of sp³-hybridized carbons (Fsp3) is 0.438. The molecule has 21 heavy (non-hydrogen) atoms. The second-order valence-electron chi connectivity index (χ2n) is 5.58. The summed E-state index contributed by atoms with van der Waals surface area (Å²) in [5, 5.41) is 1.09. The van der Waals surface area contributed by atoms with Gasteiger partial charge in [-0.15, -0.1) is 0 Å². The predicted molar refractivity (Wildman–Crippen MR) is 90.7 cm³/mol. The molecule has 112 valence electrons. The molecule has 0 saturated carbocycles. The second-order valence-corrected chi connectivity index (χ2v) is 6.50. The summed E-state index contributed by atoms with van der Waals surface area (Å²) in [4.78, 5) is 6.83. The molecule has 1 aromatic heterocycles. The molecule has 2 atom stereocenters. The van der Waals surface area contributed by atoms with Crippen LogP contribution in [0.4, 0.5) is 11.4 Å². The maximum Gasteiger partial charge on any atom is 0.0745 e. The van der Waals surface area contributed by atoms with Crippen molar-refractivity contribution in [1.82, 2.24) is 4.98 Å². The lowest BCUT2D eigenvalue weighted by molar-refractivity contribution is 0.0301. The normalized spacial score (nSPS) is 22.7. The van der Waals surface area contributed by atoms with Gasteiger partial charge in [0.25, 0.3) is 0 Å². The van der Waals surface area contributed by atoms with E-state index < -0.39 is 0 Å². The van der Waals surface area contributed by atoms with Gasteiger partial charge in [-0.3, -0.25) is 4.98 Å². The molecule has 2 heterocycles. The van der Waals surface area contributed by atoms with Crippen LogP contribution in [0.2, 0.25) is 0 Å². The van der Waals surface area contributed by atoms with Crippen LogP contribution >= 0.6 is 15.9 Å². The molecule has 5 heteroatoms. The van der Waals surface area contributed by atoms with E-state index in [0.29, 0.717) is 6.04 Å². The third-order valence-electron chi connectivity index (χ3n) is 4.06. The van der Waals surface area contributed by atoms with Gasteiger partial charge in [-0.1, -0.05) is 22.9 Å². The summed E-state index contributed by atoms with van der Waals surface area (Å²) in [6, 6.07) is 6.48. The molecular weight excluding hydrogens is 330 g/mol. The molecule has 0 aliphatic carbocycles. The maximum absolute atomic E-state index is 6.27. The van der Waals surface area contributed by atoms with Gasteiger partial charge in [0, 0.05) is 16.4 Å². The third-order valence-corrected chi connectivity index (χ3v) is 4.55. The summed E-state index contributed by atoms with van der Waals surface area (Å²) in [7, 11) is 0. The van der Waals surface area contributed by atoms with Gasteiger partial charge in [-0.25, -0.2) is 0 Å². The monoisotopic (exact) mass is 349 g/mol. The molecule has 1 fully saturated rings. The number of rotatable bonds is 2. The van der Waals surface area contributed by atoms with E-state index in [4.69, 9.17) is 10.5 Å². The fourth-order valence-electron chi connectivity index (χ4n) is 2.94. The molecule has 1 aliphatic heterocycles. The lowest BCUT2D eigenvalue weighted by Crippen LogP contribution is -2.49. The van der Waals surface area contributed by atoms with Crippen LogP contribution in [0.1, 0.15) is 20.3 Å². The Kier molecular flexibility index (Phi) is 4.04. The number of nitrogens with two attached hydrogens (primary N) is 1. The number of benzene rings is 1. The molecule has 0 radical (unpaired) electrons. The van der Waals surface area contributed by atoms with Crippen molar-refractivity contribution in [3.63, 3.8) is 0 Å². The van der Waals surface area contributed by atoms with Gasteiger partial charge >= 0.3 is 0 Å². The Labute approximate surface area is 133 Å². The standard InChI is InChI=1S/C16H20BrN3O/c1-3-12-9-21-10(2)8-20(12)16-13-6-11(17)4-5-15(13)19-7-14(16)18/h4-7,10,12H,3,8-9,18H2,1-2H3. The van der Waals surface area contributed by atoms with Crippen LogP contribution in [0.25, 0.3) is 10.9 Å². The number of morpholine rings is 1. The predicted octanol–water partition coefficient (Wildman–Crippen LogP) is 3.58. The number of aromatic nitrogens is 1. The van der Waals surface area contributed by atoms with Crippen molar-refractivity contribution in [2.45, 2.75) is 32.4 Å². The van der Waals surface area contributed by atoms with Gasteiger partial charge in [0.1, 0.15) is 0 Å². The van der Waals surface area contributed by atoms with E-state index in [2.05, 4.69) is 45.7 Å².